The molecule has 0 radical (unpaired) electrons. The summed E-state index contributed by atoms with van der Waals surface area (Å²) in [4.78, 5) is 19.6. The molecule has 1 aliphatic rings. The zero-order valence-corrected chi connectivity index (χ0v) is 15.2. The lowest BCUT2D eigenvalue weighted by Gasteiger charge is -2.25. The van der Waals surface area contributed by atoms with Crippen LogP contribution >= 0.6 is 23.1 Å². The molecule has 122 valence electrons. The molecule has 1 aliphatic heterocycles. The van der Waals surface area contributed by atoms with Gasteiger partial charge in [0, 0.05) is 11.7 Å². The van der Waals surface area contributed by atoms with E-state index in [1.54, 1.807) is 23.1 Å². The molecule has 2 heterocycles. The Morgan fingerprint density at radius 1 is 1.25 bits per heavy atom. The number of aromatic nitrogens is 1. The number of benzene rings is 2. The van der Waals surface area contributed by atoms with Crippen molar-refractivity contribution in [1.29, 1.82) is 0 Å². The van der Waals surface area contributed by atoms with E-state index in [4.69, 9.17) is 0 Å². The molecule has 0 spiro atoms. The molecule has 24 heavy (non-hydrogen) atoms. The topological polar surface area (TPSA) is 33.2 Å². The molecule has 0 bridgehead atoms. The van der Waals surface area contributed by atoms with Gasteiger partial charge in [-0.15, -0.1) is 11.3 Å². The van der Waals surface area contributed by atoms with E-state index in [0.717, 1.165) is 22.0 Å². The number of para-hydroxylation sites is 2. The number of carbonyl (C=O) groups is 1. The number of anilines is 1. The highest BCUT2D eigenvalue weighted by atomic mass is 32.2. The minimum atomic E-state index is -0.154. The van der Waals surface area contributed by atoms with Crippen LogP contribution in [0.3, 0.4) is 0 Å². The number of carbonyl (C=O) groups excluding carboxylic acids is 1. The fraction of sp³-hybridized carbons (Fsp3) is 0.263. The molecule has 2 aromatic carbocycles. The third-order valence-electron chi connectivity index (χ3n) is 4.34. The maximum absolute atomic E-state index is 13.0. The highest BCUT2D eigenvalue weighted by molar-refractivity contribution is 8.02. The van der Waals surface area contributed by atoms with E-state index < -0.39 is 0 Å². The van der Waals surface area contributed by atoms with Gasteiger partial charge >= 0.3 is 0 Å². The summed E-state index contributed by atoms with van der Waals surface area (Å²) >= 11 is 3.21. The molecule has 1 aromatic heterocycles. The SMILES string of the molecule is C[C@@H](Sc1nc2ccccc2s1)C(=O)N1c2ccccc2C[C@@H]1C. The first-order chi connectivity index (χ1) is 11.6. The van der Waals surface area contributed by atoms with Crippen molar-refractivity contribution in [2.24, 2.45) is 0 Å². The molecule has 0 N–H and O–H groups in total. The molecule has 0 aliphatic carbocycles. The predicted molar refractivity (Wildman–Crippen MR) is 102 cm³/mol. The summed E-state index contributed by atoms with van der Waals surface area (Å²) in [7, 11) is 0. The second kappa shape index (κ2) is 6.22. The number of thiazole rings is 1. The van der Waals surface area contributed by atoms with Gasteiger partial charge in [-0.2, -0.15) is 0 Å². The minimum Gasteiger partial charge on any atom is -0.308 e. The van der Waals surface area contributed by atoms with Crippen molar-refractivity contribution >= 4 is 44.9 Å². The van der Waals surface area contributed by atoms with Gasteiger partial charge in [0.2, 0.25) is 5.91 Å². The fourth-order valence-corrected chi connectivity index (χ4v) is 5.46. The molecule has 2 atom stereocenters. The van der Waals surface area contributed by atoms with E-state index in [-0.39, 0.29) is 17.2 Å². The summed E-state index contributed by atoms with van der Waals surface area (Å²) in [5.41, 5.74) is 3.33. The van der Waals surface area contributed by atoms with Gasteiger partial charge in [-0.3, -0.25) is 4.79 Å². The highest BCUT2D eigenvalue weighted by Gasteiger charge is 2.33. The van der Waals surface area contributed by atoms with Gasteiger partial charge < -0.3 is 4.90 Å². The quantitative estimate of drug-likeness (QED) is 0.636. The molecule has 1 amide bonds. The van der Waals surface area contributed by atoms with E-state index in [0.29, 0.717) is 0 Å². The van der Waals surface area contributed by atoms with Gasteiger partial charge in [-0.05, 0) is 44.0 Å². The van der Waals surface area contributed by atoms with Crippen LogP contribution in [-0.2, 0) is 11.2 Å². The lowest BCUT2D eigenvalue weighted by Crippen LogP contribution is -2.40. The Bertz CT molecular complexity index is 872. The van der Waals surface area contributed by atoms with Crippen molar-refractivity contribution in [1.82, 2.24) is 4.98 Å². The highest BCUT2D eigenvalue weighted by Crippen LogP contribution is 2.36. The van der Waals surface area contributed by atoms with Gasteiger partial charge in [0.05, 0.1) is 15.5 Å². The Morgan fingerprint density at radius 2 is 2.00 bits per heavy atom. The number of hydrogen-bond acceptors (Lipinski definition) is 4. The van der Waals surface area contributed by atoms with Crippen molar-refractivity contribution in [3.05, 3.63) is 54.1 Å². The largest absolute Gasteiger partial charge is 0.308 e. The smallest absolute Gasteiger partial charge is 0.240 e. The zero-order chi connectivity index (χ0) is 16.7. The second-order valence-electron chi connectivity index (χ2n) is 6.10. The maximum atomic E-state index is 13.0. The normalized spacial score (nSPS) is 17.9. The molecule has 5 heteroatoms. The summed E-state index contributed by atoms with van der Waals surface area (Å²) < 4.78 is 2.12. The van der Waals surface area contributed by atoms with Crippen LogP contribution < -0.4 is 4.90 Å². The molecular formula is C19H18N2OS2. The Hall–Kier alpha value is -1.85. The first kappa shape index (κ1) is 15.7. The van der Waals surface area contributed by atoms with Gasteiger partial charge in [0.1, 0.15) is 0 Å². The van der Waals surface area contributed by atoms with Crippen molar-refractivity contribution in [3.8, 4) is 0 Å². The summed E-state index contributed by atoms with van der Waals surface area (Å²) in [5.74, 6) is 0.164. The van der Waals surface area contributed by atoms with Crippen molar-refractivity contribution in [3.63, 3.8) is 0 Å². The Kier molecular flexibility index (Phi) is 4.06. The number of hydrogen-bond donors (Lipinski definition) is 0. The van der Waals surface area contributed by atoms with E-state index in [1.165, 1.54) is 10.3 Å². The molecule has 4 rings (SSSR count). The standard InChI is InChI=1S/C19H18N2OS2/c1-12-11-14-7-3-5-9-16(14)21(12)18(22)13(2)23-19-20-15-8-4-6-10-17(15)24-19/h3-10,12-13H,11H2,1-2H3/t12-,13+/m0/s1. The average Bonchev–Trinajstić information content (AvgIpc) is 3.13. The third kappa shape index (κ3) is 2.72. The molecule has 0 saturated carbocycles. The van der Waals surface area contributed by atoms with Crippen LogP contribution in [0.15, 0.2) is 52.9 Å². The van der Waals surface area contributed by atoms with Crippen LogP contribution in [0.1, 0.15) is 19.4 Å². The van der Waals surface area contributed by atoms with Crippen LogP contribution in [0.2, 0.25) is 0 Å². The van der Waals surface area contributed by atoms with Crippen LogP contribution in [0.4, 0.5) is 5.69 Å². The average molecular weight is 355 g/mol. The lowest BCUT2D eigenvalue weighted by molar-refractivity contribution is -0.118. The monoisotopic (exact) mass is 354 g/mol. The predicted octanol–water partition coefficient (Wildman–Crippen LogP) is 4.75. The number of thioether (sulfide) groups is 1. The van der Waals surface area contributed by atoms with E-state index in [1.807, 2.05) is 48.2 Å². The first-order valence-electron chi connectivity index (χ1n) is 8.06. The Balaban J connectivity index is 1.56. The second-order valence-corrected chi connectivity index (χ2v) is 8.72. The van der Waals surface area contributed by atoms with E-state index >= 15 is 0 Å². The maximum Gasteiger partial charge on any atom is 0.240 e. The Labute approximate surface area is 149 Å². The van der Waals surface area contributed by atoms with Gasteiger partial charge in [-0.25, -0.2) is 4.98 Å². The molecule has 0 unspecified atom stereocenters. The first-order valence-corrected chi connectivity index (χ1v) is 9.76. The fourth-order valence-electron chi connectivity index (χ4n) is 3.20. The molecular weight excluding hydrogens is 336 g/mol. The van der Waals surface area contributed by atoms with Gasteiger partial charge in [-0.1, -0.05) is 42.1 Å². The molecule has 3 aromatic rings. The van der Waals surface area contributed by atoms with Crippen LogP contribution in [0, 0.1) is 0 Å². The van der Waals surface area contributed by atoms with Gasteiger partial charge in [0.25, 0.3) is 0 Å². The number of nitrogens with zero attached hydrogens (tertiary/aromatic N) is 2. The van der Waals surface area contributed by atoms with Crippen LogP contribution in [0.25, 0.3) is 10.2 Å². The number of fused-ring (bicyclic) bond motifs is 2. The molecule has 3 nitrogen and oxygen atoms in total. The van der Waals surface area contributed by atoms with Crippen molar-refractivity contribution in [2.45, 2.75) is 35.9 Å². The Morgan fingerprint density at radius 3 is 2.83 bits per heavy atom. The summed E-state index contributed by atoms with van der Waals surface area (Å²) in [6, 6.07) is 16.5. The summed E-state index contributed by atoms with van der Waals surface area (Å²) in [6.07, 6.45) is 0.931. The molecule has 0 saturated heterocycles. The van der Waals surface area contributed by atoms with Gasteiger partial charge in [0.15, 0.2) is 4.34 Å². The van der Waals surface area contributed by atoms with Crippen molar-refractivity contribution in [2.75, 3.05) is 4.90 Å². The third-order valence-corrected chi connectivity index (χ3v) is 6.56. The lowest BCUT2D eigenvalue weighted by atomic mass is 10.1. The van der Waals surface area contributed by atoms with Crippen LogP contribution in [0.5, 0.6) is 0 Å². The minimum absolute atomic E-state index is 0.154. The van der Waals surface area contributed by atoms with E-state index in [9.17, 15) is 4.79 Å². The zero-order valence-electron chi connectivity index (χ0n) is 13.6. The molecule has 0 fully saturated rings. The number of rotatable bonds is 3. The van der Waals surface area contributed by atoms with E-state index in [2.05, 4.69) is 24.0 Å². The summed E-state index contributed by atoms with van der Waals surface area (Å²) in [5, 5.41) is -0.154. The van der Waals surface area contributed by atoms with Crippen molar-refractivity contribution < 1.29 is 4.79 Å². The summed E-state index contributed by atoms with van der Waals surface area (Å²) in [6.45, 7) is 4.10. The van der Waals surface area contributed by atoms with Crippen LogP contribution in [-0.4, -0.2) is 22.2 Å². The number of amides is 1.